The van der Waals surface area contributed by atoms with Crippen LogP contribution in [0.4, 0.5) is 10.5 Å². The van der Waals surface area contributed by atoms with Crippen molar-refractivity contribution in [2.45, 2.75) is 64.1 Å². The summed E-state index contributed by atoms with van der Waals surface area (Å²) in [6, 6.07) is 5.71. The second kappa shape index (κ2) is 8.72. The summed E-state index contributed by atoms with van der Waals surface area (Å²) in [4.78, 5) is 19.4. The van der Waals surface area contributed by atoms with E-state index in [2.05, 4.69) is 16.6 Å². The topological polar surface area (TPSA) is 99.3 Å². The summed E-state index contributed by atoms with van der Waals surface area (Å²) in [5.74, 6) is 1.26. The molecule has 1 amide bonds. The van der Waals surface area contributed by atoms with Crippen LogP contribution >= 0.6 is 0 Å². The molecule has 182 valence electrons. The number of sulfone groups is 1. The van der Waals surface area contributed by atoms with Gasteiger partial charge in [-0.2, -0.15) is 5.10 Å². The third-order valence-corrected chi connectivity index (χ3v) is 8.92. The average molecular weight is 486 g/mol. The SMILES string of the molecule is COC(=O)N1c2ccc3c(nc([C@@H](C)Cn4cccn4)n3[C@@H]3CCCS(=O)(=O)C3)c2CC[C@@H]1C. The highest BCUT2D eigenvalue weighted by molar-refractivity contribution is 7.91. The molecule has 1 fully saturated rings. The first-order chi connectivity index (χ1) is 16.3. The van der Waals surface area contributed by atoms with Crippen LogP contribution in [-0.2, 0) is 27.5 Å². The van der Waals surface area contributed by atoms with Crippen molar-refractivity contribution in [3.05, 3.63) is 42.0 Å². The fourth-order valence-electron chi connectivity index (χ4n) is 5.50. The maximum absolute atomic E-state index is 12.6. The number of ether oxygens (including phenoxy) is 1. The summed E-state index contributed by atoms with van der Waals surface area (Å²) in [6.45, 7) is 4.77. The number of rotatable bonds is 4. The van der Waals surface area contributed by atoms with Gasteiger partial charge in [0.1, 0.15) is 5.82 Å². The third-order valence-electron chi connectivity index (χ3n) is 7.12. The molecule has 34 heavy (non-hydrogen) atoms. The largest absolute Gasteiger partial charge is 0.452 e. The van der Waals surface area contributed by atoms with E-state index < -0.39 is 9.84 Å². The van der Waals surface area contributed by atoms with Gasteiger partial charge in [-0.1, -0.05) is 6.92 Å². The fourth-order valence-corrected chi connectivity index (χ4v) is 7.17. The molecule has 0 bridgehead atoms. The zero-order valence-electron chi connectivity index (χ0n) is 19.8. The average Bonchev–Trinajstić information content (AvgIpc) is 3.45. The van der Waals surface area contributed by atoms with Gasteiger partial charge in [-0.05, 0) is 50.8 Å². The lowest BCUT2D eigenvalue weighted by molar-refractivity contribution is 0.175. The lowest BCUT2D eigenvalue weighted by Crippen LogP contribution is -2.42. The van der Waals surface area contributed by atoms with E-state index in [0.29, 0.717) is 13.0 Å². The molecule has 0 saturated carbocycles. The summed E-state index contributed by atoms with van der Waals surface area (Å²) in [5.41, 5.74) is 3.63. The number of benzene rings is 1. The Morgan fingerprint density at radius 1 is 1.29 bits per heavy atom. The Balaban J connectivity index is 1.67. The number of aromatic nitrogens is 4. The highest BCUT2D eigenvalue weighted by Gasteiger charge is 2.34. The molecule has 9 nitrogen and oxygen atoms in total. The van der Waals surface area contributed by atoms with Gasteiger partial charge in [0.15, 0.2) is 9.84 Å². The van der Waals surface area contributed by atoms with Gasteiger partial charge in [0.2, 0.25) is 0 Å². The smallest absolute Gasteiger partial charge is 0.414 e. The van der Waals surface area contributed by atoms with Crippen LogP contribution in [0.3, 0.4) is 0 Å². The number of aryl methyl sites for hydroxylation is 1. The van der Waals surface area contributed by atoms with Gasteiger partial charge < -0.3 is 9.30 Å². The Bertz CT molecular complexity index is 1310. The molecule has 1 saturated heterocycles. The summed E-state index contributed by atoms with van der Waals surface area (Å²) in [6.07, 6.45) is 6.36. The number of methoxy groups -OCH3 is 1. The summed E-state index contributed by atoms with van der Waals surface area (Å²) in [5, 5.41) is 4.34. The number of hydrogen-bond acceptors (Lipinski definition) is 6. The van der Waals surface area contributed by atoms with Crippen LogP contribution in [0.25, 0.3) is 11.0 Å². The molecule has 2 aliphatic heterocycles. The molecule has 3 aromatic rings. The fraction of sp³-hybridized carbons (Fsp3) is 0.542. The molecular formula is C24H31N5O4S. The summed E-state index contributed by atoms with van der Waals surface area (Å²) < 4.78 is 34.2. The van der Waals surface area contributed by atoms with E-state index >= 15 is 0 Å². The first kappa shape index (κ1) is 22.9. The number of imidazole rings is 1. The molecule has 0 N–H and O–H groups in total. The standard InChI is InChI=1S/C24H31N5O4S/c1-16(14-27-12-5-11-25-27)23-26-22-19-8-7-17(2)28(24(30)33-3)20(19)9-10-21(22)29(23)18-6-4-13-34(31,32)15-18/h5,9-12,16-18H,4,6-8,13-15H2,1-3H3/t16-,17-,18+/m0/s1. The maximum Gasteiger partial charge on any atom is 0.414 e. The molecule has 0 aliphatic carbocycles. The van der Waals surface area contributed by atoms with Crippen molar-refractivity contribution in [1.29, 1.82) is 0 Å². The number of anilines is 1. The number of amides is 1. The van der Waals surface area contributed by atoms with E-state index in [1.165, 1.54) is 7.11 Å². The number of carbonyl (C=O) groups is 1. The van der Waals surface area contributed by atoms with Crippen LogP contribution in [-0.4, -0.2) is 58.5 Å². The summed E-state index contributed by atoms with van der Waals surface area (Å²) >= 11 is 0. The monoisotopic (exact) mass is 485 g/mol. The zero-order valence-corrected chi connectivity index (χ0v) is 20.7. The van der Waals surface area contributed by atoms with E-state index in [-0.39, 0.29) is 35.6 Å². The van der Waals surface area contributed by atoms with Gasteiger partial charge in [-0.25, -0.2) is 18.2 Å². The van der Waals surface area contributed by atoms with E-state index in [1.807, 2.05) is 36.0 Å². The van der Waals surface area contributed by atoms with Gasteiger partial charge >= 0.3 is 6.09 Å². The highest BCUT2D eigenvalue weighted by atomic mass is 32.2. The summed E-state index contributed by atoms with van der Waals surface area (Å²) in [7, 11) is -1.70. The lowest BCUT2D eigenvalue weighted by Gasteiger charge is -2.34. The van der Waals surface area contributed by atoms with Crippen LogP contribution in [0.15, 0.2) is 30.6 Å². The minimum atomic E-state index is -3.10. The number of carbonyl (C=O) groups excluding carboxylic acids is 1. The predicted octanol–water partition coefficient (Wildman–Crippen LogP) is 3.69. The quantitative estimate of drug-likeness (QED) is 0.559. The van der Waals surface area contributed by atoms with Gasteiger partial charge in [-0.3, -0.25) is 9.58 Å². The van der Waals surface area contributed by atoms with Crippen LogP contribution in [0.1, 0.15) is 56.5 Å². The predicted molar refractivity (Wildman–Crippen MR) is 130 cm³/mol. The van der Waals surface area contributed by atoms with Crippen molar-refractivity contribution >= 4 is 32.7 Å². The highest BCUT2D eigenvalue weighted by Crippen LogP contribution is 2.39. The molecule has 1 aromatic carbocycles. The minimum Gasteiger partial charge on any atom is -0.452 e. The van der Waals surface area contributed by atoms with Gasteiger partial charge in [0.05, 0.1) is 41.9 Å². The van der Waals surface area contributed by atoms with Gasteiger partial charge in [0.25, 0.3) is 0 Å². The third kappa shape index (κ3) is 3.97. The molecular weight excluding hydrogens is 454 g/mol. The molecule has 0 radical (unpaired) electrons. The van der Waals surface area contributed by atoms with E-state index in [9.17, 15) is 13.2 Å². The zero-order chi connectivity index (χ0) is 24.0. The van der Waals surface area contributed by atoms with Crippen LogP contribution in [0, 0.1) is 0 Å². The Morgan fingerprint density at radius 3 is 2.82 bits per heavy atom. The van der Waals surface area contributed by atoms with E-state index in [0.717, 1.165) is 47.4 Å². The number of hydrogen-bond donors (Lipinski definition) is 0. The molecule has 2 aromatic heterocycles. The maximum atomic E-state index is 12.6. The van der Waals surface area contributed by atoms with E-state index in [4.69, 9.17) is 9.72 Å². The minimum absolute atomic E-state index is 0.0202. The lowest BCUT2D eigenvalue weighted by atomic mass is 9.95. The Morgan fingerprint density at radius 2 is 2.12 bits per heavy atom. The molecule has 2 aliphatic rings. The van der Waals surface area contributed by atoms with Crippen molar-refractivity contribution in [3.8, 4) is 0 Å². The molecule has 4 heterocycles. The van der Waals surface area contributed by atoms with Crippen molar-refractivity contribution in [1.82, 2.24) is 19.3 Å². The van der Waals surface area contributed by atoms with Crippen molar-refractivity contribution in [2.24, 2.45) is 0 Å². The first-order valence-corrected chi connectivity index (χ1v) is 13.7. The second-order valence-electron chi connectivity index (χ2n) is 9.54. The van der Waals surface area contributed by atoms with E-state index in [1.54, 1.807) is 11.1 Å². The normalized spacial score (nSPS) is 23.0. The molecule has 3 atom stereocenters. The molecule has 0 spiro atoms. The van der Waals surface area contributed by atoms with Crippen LogP contribution in [0.2, 0.25) is 0 Å². The van der Waals surface area contributed by atoms with Crippen molar-refractivity contribution in [2.75, 3.05) is 23.5 Å². The Kier molecular flexibility index (Phi) is 5.87. The van der Waals surface area contributed by atoms with Gasteiger partial charge in [-0.15, -0.1) is 0 Å². The van der Waals surface area contributed by atoms with Crippen molar-refractivity contribution in [3.63, 3.8) is 0 Å². The van der Waals surface area contributed by atoms with Crippen LogP contribution < -0.4 is 4.90 Å². The second-order valence-corrected chi connectivity index (χ2v) is 11.8. The number of nitrogens with zero attached hydrogens (tertiary/aromatic N) is 5. The van der Waals surface area contributed by atoms with Gasteiger partial charge in [0, 0.05) is 36.0 Å². The molecule has 5 rings (SSSR count). The molecule has 10 heteroatoms. The first-order valence-electron chi connectivity index (χ1n) is 11.9. The van der Waals surface area contributed by atoms with Crippen LogP contribution in [0.5, 0.6) is 0 Å². The Labute approximate surface area is 199 Å². The number of fused-ring (bicyclic) bond motifs is 3. The Hall–Kier alpha value is -2.88. The van der Waals surface area contributed by atoms with Crippen molar-refractivity contribution < 1.29 is 17.9 Å². The molecule has 0 unspecified atom stereocenters.